The topological polar surface area (TPSA) is 97.5 Å². The smallest absolute Gasteiger partial charge is 0.272 e. The summed E-state index contributed by atoms with van der Waals surface area (Å²) in [6.45, 7) is 6.30. The molecule has 0 bridgehead atoms. The molecular weight excluding hydrogens is 330 g/mol. The van der Waals surface area contributed by atoms with Crippen LogP contribution < -0.4 is 0 Å². The second-order valence-corrected chi connectivity index (χ2v) is 8.57. The van der Waals surface area contributed by atoms with E-state index in [0.717, 1.165) is 5.69 Å². The number of hydrogen-bond acceptors (Lipinski definition) is 6. The lowest BCUT2D eigenvalue weighted by atomic mass is 10.1. The first-order chi connectivity index (χ1) is 11.3. The molecular formula is C15H21N5O3S. The Kier molecular flexibility index (Phi) is 4.29. The zero-order chi connectivity index (χ0) is 17.5. The van der Waals surface area contributed by atoms with E-state index in [1.54, 1.807) is 15.5 Å². The van der Waals surface area contributed by atoms with E-state index in [9.17, 15) is 13.2 Å². The van der Waals surface area contributed by atoms with Crippen LogP contribution >= 0.6 is 0 Å². The lowest BCUT2D eigenvalue weighted by molar-refractivity contribution is 0.0702. The number of sulfone groups is 1. The summed E-state index contributed by atoms with van der Waals surface area (Å²) in [5, 5.41) is 4.14. The van der Waals surface area contributed by atoms with Crippen LogP contribution in [0.1, 0.15) is 49.3 Å². The van der Waals surface area contributed by atoms with Gasteiger partial charge in [0.2, 0.25) is 0 Å². The summed E-state index contributed by atoms with van der Waals surface area (Å²) in [6, 6.07) is 1.44. The Morgan fingerprint density at radius 1 is 1.46 bits per heavy atom. The molecule has 0 N–H and O–H groups in total. The van der Waals surface area contributed by atoms with Crippen molar-refractivity contribution in [3.05, 3.63) is 23.8 Å². The molecule has 1 aliphatic heterocycles. The third-order valence-electron chi connectivity index (χ3n) is 4.34. The summed E-state index contributed by atoms with van der Waals surface area (Å²) in [4.78, 5) is 22.9. The number of carbonyl (C=O) groups excluding carboxylic acids is 1. The molecule has 0 spiro atoms. The van der Waals surface area contributed by atoms with Gasteiger partial charge in [-0.15, -0.1) is 0 Å². The molecule has 0 radical (unpaired) electrons. The maximum atomic E-state index is 12.9. The minimum absolute atomic E-state index is 0.0246. The number of carbonyl (C=O) groups is 1. The van der Waals surface area contributed by atoms with Crippen molar-refractivity contribution in [1.29, 1.82) is 0 Å². The Labute approximate surface area is 140 Å². The maximum Gasteiger partial charge on any atom is 0.272 e. The molecule has 2 aromatic heterocycles. The third-order valence-corrected chi connectivity index (χ3v) is 6.09. The molecule has 1 aliphatic rings. The normalized spacial score (nSPS) is 19.9. The molecule has 130 valence electrons. The van der Waals surface area contributed by atoms with Gasteiger partial charge in [-0.2, -0.15) is 10.1 Å². The monoisotopic (exact) mass is 351 g/mol. The molecule has 3 heterocycles. The van der Waals surface area contributed by atoms with Crippen molar-refractivity contribution >= 4 is 21.5 Å². The van der Waals surface area contributed by atoms with Crippen molar-refractivity contribution in [2.75, 3.05) is 18.1 Å². The second-order valence-electron chi connectivity index (χ2n) is 6.34. The molecule has 1 saturated heterocycles. The van der Waals surface area contributed by atoms with Gasteiger partial charge in [0.25, 0.3) is 11.7 Å². The van der Waals surface area contributed by atoms with E-state index in [0.29, 0.717) is 18.7 Å². The predicted octanol–water partition coefficient (Wildman–Crippen LogP) is 0.897. The first-order valence-electron chi connectivity index (χ1n) is 8.04. The van der Waals surface area contributed by atoms with E-state index in [1.807, 2.05) is 20.8 Å². The van der Waals surface area contributed by atoms with Crippen LogP contribution in [-0.2, 0) is 9.84 Å². The Morgan fingerprint density at radius 2 is 2.21 bits per heavy atom. The predicted molar refractivity (Wildman–Crippen MR) is 88.6 cm³/mol. The summed E-state index contributed by atoms with van der Waals surface area (Å²) in [6.07, 6.45) is 1.88. The summed E-state index contributed by atoms with van der Waals surface area (Å²) >= 11 is 0. The molecule has 8 nitrogen and oxygen atoms in total. The Morgan fingerprint density at radius 3 is 2.79 bits per heavy atom. The van der Waals surface area contributed by atoms with Crippen LogP contribution in [0.2, 0.25) is 0 Å². The molecule has 1 fully saturated rings. The number of fused-ring (bicyclic) bond motifs is 1. The van der Waals surface area contributed by atoms with Crippen LogP contribution in [0.4, 0.5) is 0 Å². The molecule has 0 aliphatic carbocycles. The average molecular weight is 351 g/mol. The van der Waals surface area contributed by atoms with Crippen molar-refractivity contribution in [3.8, 4) is 0 Å². The molecule has 3 rings (SSSR count). The molecule has 1 atom stereocenters. The quantitative estimate of drug-likeness (QED) is 0.812. The molecule has 1 unspecified atom stereocenters. The Hall–Kier alpha value is -2.03. The third kappa shape index (κ3) is 3.00. The summed E-state index contributed by atoms with van der Waals surface area (Å²) in [7, 11) is -3.05. The first-order valence-corrected chi connectivity index (χ1v) is 9.86. The highest BCUT2D eigenvalue weighted by Gasteiger charge is 2.35. The van der Waals surface area contributed by atoms with E-state index in [1.165, 1.54) is 6.33 Å². The molecule has 1 amide bonds. The highest BCUT2D eigenvalue weighted by atomic mass is 32.2. The molecule has 9 heteroatoms. The van der Waals surface area contributed by atoms with Gasteiger partial charge in [-0.1, -0.05) is 13.8 Å². The number of hydrogen-bond donors (Lipinski definition) is 0. The van der Waals surface area contributed by atoms with Gasteiger partial charge in [-0.25, -0.2) is 17.9 Å². The minimum Gasteiger partial charge on any atom is -0.334 e. The lowest BCUT2D eigenvalue weighted by Gasteiger charge is -2.26. The molecule has 24 heavy (non-hydrogen) atoms. The Bertz CT molecular complexity index is 874. The van der Waals surface area contributed by atoms with Crippen molar-refractivity contribution < 1.29 is 13.2 Å². The van der Waals surface area contributed by atoms with Gasteiger partial charge >= 0.3 is 0 Å². The molecule has 2 aromatic rings. The van der Waals surface area contributed by atoms with E-state index in [2.05, 4.69) is 15.1 Å². The van der Waals surface area contributed by atoms with Gasteiger partial charge in [-0.05, 0) is 25.3 Å². The van der Waals surface area contributed by atoms with Gasteiger partial charge in [0, 0.05) is 12.6 Å². The number of rotatable bonds is 4. The van der Waals surface area contributed by atoms with Gasteiger partial charge in [0.15, 0.2) is 9.84 Å². The van der Waals surface area contributed by atoms with Gasteiger partial charge < -0.3 is 4.90 Å². The fraction of sp³-hybridized carbons (Fsp3) is 0.600. The van der Waals surface area contributed by atoms with Crippen molar-refractivity contribution in [2.45, 2.75) is 39.2 Å². The fourth-order valence-electron chi connectivity index (χ4n) is 3.09. The van der Waals surface area contributed by atoms with Gasteiger partial charge in [0.1, 0.15) is 12.0 Å². The van der Waals surface area contributed by atoms with Crippen LogP contribution in [0, 0.1) is 0 Å². The van der Waals surface area contributed by atoms with E-state index >= 15 is 0 Å². The number of nitrogens with zero attached hydrogens (tertiary/aromatic N) is 5. The second kappa shape index (κ2) is 6.12. The van der Waals surface area contributed by atoms with Gasteiger partial charge in [0.05, 0.1) is 17.2 Å². The molecule has 0 aromatic carbocycles. The van der Waals surface area contributed by atoms with Crippen LogP contribution in [0.15, 0.2) is 12.4 Å². The Balaban J connectivity index is 1.98. The zero-order valence-corrected chi connectivity index (χ0v) is 14.8. The van der Waals surface area contributed by atoms with Crippen LogP contribution in [-0.4, -0.2) is 62.9 Å². The van der Waals surface area contributed by atoms with Crippen LogP contribution in [0.25, 0.3) is 5.78 Å². The maximum absolute atomic E-state index is 12.9. The molecule has 0 saturated carbocycles. The number of aromatic nitrogens is 4. The minimum atomic E-state index is -3.05. The van der Waals surface area contributed by atoms with Gasteiger partial charge in [-0.3, -0.25) is 4.79 Å². The summed E-state index contributed by atoms with van der Waals surface area (Å²) < 4.78 is 25.1. The van der Waals surface area contributed by atoms with Crippen LogP contribution in [0.3, 0.4) is 0 Å². The zero-order valence-electron chi connectivity index (χ0n) is 14.0. The largest absolute Gasteiger partial charge is 0.334 e. The summed E-state index contributed by atoms with van der Waals surface area (Å²) in [5.74, 6) is 0.420. The summed E-state index contributed by atoms with van der Waals surface area (Å²) in [5.41, 5.74) is 1.13. The van der Waals surface area contributed by atoms with Crippen LogP contribution in [0.5, 0.6) is 0 Å². The van der Waals surface area contributed by atoms with Crippen molar-refractivity contribution in [1.82, 2.24) is 24.5 Å². The van der Waals surface area contributed by atoms with Crippen molar-refractivity contribution in [3.63, 3.8) is 0 Å². The number of amides is 1. The highest BCUT2D eigenvalue weighted by Crippen LogP contribution is 2.21. The van der Waals surface area contributed by atoms with E-state index in [4.69, 9.17) is 0 Å². The highest BCUT2D eigenvalue weighted by molar-refractivity contribution is 7.91. The first kappa shape index (κ1) is 16.8. The fourth-order valence-corrected chi connectivity index (χ4v) is 4.82. The SMILES string of the molecule is CCN(C(=O)c1cc(C(C)C)n2ncnc2n1)C1CCS(=O)(=O)C1. The standard InChI is InChI=1S/C15H21N5O3S/c1-4-19(11-5-6-24(22,23)8-11)14(21)12-7-13(10(2)3)20-15(18-12)16-9-17-20/h7,9-11H,4-6,8H2,1-3H3. The van der Waals surface area contributed by atoms with E-state index < -0.39 is 9.84 Å². The van der Waals surface area contributed by atoms with Crippen molar-refractivity contribution in [2.24, 2.45) is 0 Å². The average Bonchev–Trinajstić information content (AvgIpc) is 3.12. The lowest BCUT2D eigenvalue weighted by Crippen LogP contribution is -2.41. The van der Waals surface area contributed by atoms with E-state index in [-0.39, 0.29) is 35.1 Å².